The zero-order chi connectivity index (χ0) is 20.6. The lowest BCUT2D eigenvalue weighted by Gasteiger charge is -2.16. The molecule has 1 aromatic carbocycles. The first-order valence-electron chi connectivity index (χ1n) is 10.3. The number of nitrogens with one attached hydrogen (secondary N) is 2. The Hall–Kier alpha value is -1.87. The molecule has 164 valence electrons. The molecule has 2 heterocycles. The number of ether oxygens (including phenoxy) is 1. The maximum absolute atomic E-state index is 5.49. The lowest BCUT2D eigenvalue weighted by Crippen LogP contribution is -2.36. The van der Waals surface area contributed by atoms with Gasteiger partial charge >= 0.3 is 0 Å². The third-order valence-corrected chi connectivity index (χ3v) is 5.48. The molecule has 3 rings (SSSR count). The standard InChI is InChI=1S/C23H33N5O.HI/c1-17-13-25-21(18(2)22(17)29-4)15-27-23(24-3)26-14-19-7-9-20(10-8-19)16-28-11-5-6-12-28;/h7-10,13H,5-6,11-12,14-16H2,1-4H3,(H2,24,26,27);1H. The van der Waals surface area contributed by atoms with E-state index in [0.717, 1.165) is 41.6 Å². The molecule has 6 nitrogen and oxygen atoms in total. The zero-order valence-electron chi connectivity index (χ0n) is 18.5. The van der Waals surface area contributed by atoms with Crippen molar-refractivity contribution in [2.75, 3.05) is 27.2 Å². The molecule has 7 heteroatoms. The van der Waals surface area contributed by atoms with E-state index in [2.05, 4.69) is 49.8 Å². The average Bonchev–Trinajstić information content (AvgIpc) is 3.24. The van der Waals surface area contributed by atoms with E-state index in [9.17, 15) is 0 Å². The number of guanidine groups is 1. The average molecular weight is 523 g/mol. The molecule has 0 bridgehead atoms. The Kier molecular flexibility index (Phi) is 9.84. The van der Waals surface area contributed by atoms with Crippen molar-refractivity contribution in [3.63, 3.8) is 0 Å². The molecular formula is C23H34IN5O. The van der Waals surface area contributed by atoms with Crippen molar-refractivity contribution in [2.45, 2.75) is 46.3 Å². The van der Waals surface area contributed by atoms with Crippen LogP contribution in [0.15, 0.2) is 35.5 Å². The Labute approximate surface area is 197 Å². The third kappa shape index (κ3) is 6.57. The number of aliphatic imine (C=N–C) groups is 1. The summed E-state index contributed by atoms with van der Waals surface area (Å²) in [4.78, 5) is 11.4. The number of likely N-dealkylation sites (tertiary alicyclic amines) is 1. The number of nitrogens with zero attached hydrogens (tertiary/aromatic N) is 3. The van der Waals surface area contributed by atoms with E-state index in [1.807, 2.05) is 20.0 Å². The number of hydrogen-bond donors (Lipinski definition) is 2. The minimum atomic E-state index is 0. The van der Waals surface area contributed by atoms with Gasteiger partial charge in [0.15, 0.2) is 5.96 Å². The third-order valence-electron chi connectivity index (χ3n) is 5.48. The predicted molar refractivity (Wildman–Crippen MR) is 134 cm³/mol. The summed E-state index contributed by atoms with van der Waals surface area (Å²) in [5.41, 5.74) is 5.69. The summed E-state index contributed by atoms with van der Waals surface area (Å²) in [7, 11) is 3.48. The summed E-state index contributed by atoms with van der Waals surface area (Å²) in [6, 6.07) is 8.86. The summed E-state index contributed by atoms with van der Waals surface area (Å²) in [6.45, 7) is 8.88. The lowest BCUT2D eigenvalue weighted by molar-refractivity contribution is 0.331. The van der Waals surface area contributed by atoms with Gasteiger partial charge in [-0.1, -0.05) is 24.3 Å². The van der Waals surface area contributed by atoms with Crippen molar-refractivity contribution in [1.29, 1.82) is 0 Å². The molecule has 0 aliphatic carbocycles. The number of aryl methyl sites for hydroxylation is 1. The minimum absolute atomic E-state index is 0. The van der Waals surface area contributed by atoms with Crippen molar-refractivity contribution in [2.24, 2.45) is 4.99 Å². The second-order valence-corrected chi connectivity index (χ2v) is 7.63. The Morgan fingerprint density at radius 1 is 1.07 bits per heavy atom. The van der Waals surface area contributed by atoms with Gasteiger partial charge in [-0.3, -0.25) is 14.9 Å². The number of aromatic nitrogens is 1. The van der Waals surface area contributed by atoms with Crippen LogP contribution in [0.1, 0.15) is 40.8 Å². The van der Waals surface area contributed by atoms with Crippen molar-refractivity contribution in [1.82, 2.24) is 20.5 Å². The molecule has 1 fully saturated rings. The summed E-state index contributed by atoms with van der Waals surface area (Å²) >= 11 is 0. The van der Waals surface area contributed by atoms with Gasteiger partial charge in [-0.25, -0.2) is 0 Å². The van der Waals surface area contributed by atoms with Crippen LogP contribution < -0.4 is 15.4 Å². The fourth-order valence-corrected chi connectivity index (χ4v) is 3.78. The van der Waals surface area contributed by atoms with Gasteiger partial charge in [-0.15, -0.1) is 24.0 Å². The van der Waals surface area contributed by atoms with Crippen molar-refractivity contribution in [3.05, 3.63) is 58.4 Å². The molecule has 0 radical (unpaired) electrons. The molecule has 1 aliphatic rings. The Balaban J connectivity index is 0.00000320. The van der Waals surface area contributed by atoms with Crippen LogP contribution in [0.5, 0.6) is 5.75 Å². The molecule has 1 saturated heterocycles. The van der Waals surface area contributed by atoms with E-state index < -0.39 is 0 Å². The maximum Gasteiger partial charge on any atom is 0.191 e. The summed E-state index contributed by atoms with van der Waals surface area (Å²) < 4.78 is 5.49. The zero-order valence-corrected chi connectivity index (χ0v) is 20.8. The van der Waals surface area contributed by atoms with Crippen molar-refractivity contribution in [3.8, 4) is 5.75 Å². The molecule has 2 aromatic rings. The highest BCUT2D eigenvalue weighted by Crippen LogP contribution is 2.23. The first kappa shape index (κ1) is 24.4. The van der Waals surface area contributed by atoms with Gasteiger partial charge in [-0.05, 0) is 50.9 Å². The van der Waals surface area contributed by atoms with Gasteiger partial charge in [0, 0.05) is 37.5 Å². The number of benzene rings is 1. The predicted octanol–water partition coefficient (Wildman–Crippen LogP) is 3.79. The minimum Gasteiger partial charge on any atom is -0.496 e. The normalized spacial score (nSPS) is 14.3. The first-order valence-corrected chi connectivity index (χ1v) is 10.3. The van der Waals surface area contributed by atoms with Gasteiger partial charge in [-0.2, -0.15) is 0 Å². The monoisotopic (exact) mass is 523 g/mol. The Morgan fingerprint density at radius 3 is 2.33 bits per heavy atom. The van der Waals surface area contributed by atoms with E-state index in [4.69, 9.17) is 4.74 Å². The Morgan fingerprint density at radius 2 is 1.70 bits per heavy atom. The molecule has 0 spiro atoms. The van der Waals surface area contributed by atoms with Crippen molar-refractivity contribution >= 4 is 29.9 Å². The van der Waals surface area contributed by atoms with Gasteiger partial charge in [0.1, 0.15) is 5.75 Å². The van der Waals surface area contributed by atoms with Gasteiger partial charge in [0.05, 0.1) is 19.3 Å². The van der Waals surface area contributed by atoms with E-state index in [1.165, 1.54) is 37.1 Å². The lowest BCUT2D eigenvalue weighted by atomic mass is 10.1. The van der Waals surface area contributed by atoms with Gasteiger partial charge in [0.25, 0.3) is 0 Å². The van der Waals surface area contributed by atoms with Crippen LogP contribution in [0.2, 0.25) is 0 Å². The van der Waals surface area contributed by atoms with E-state index in [-0.39, 0.29) is 24.0 Å². The van der Waals surface area contributed by atoms with Crippen molar-refractivity contribution < 1.29 is 4.74 Å². The largest absolute Gasteiger partial charge is 0.496 e. The smallest absolute Gasteiger partial charge is 0.191 e. The van der Waals surface area contributed by atoms with Crippen LogP contribution >= 0.6 is 24.0 Å². The van der Waals surface area contributed by atoms with Gasteiger partial charge < -0.3 is 15.4 Å². The quantitative estimate of drug-likeness (QED) is 0.329. The van der Waals surface area contributed by atoms with Crippen LogP contribution in [0, 0.1) is 13.8 Å². The summed E-state index contributed by atoms with van der Waals surface area (Å²) in [5.74, 6) is 1.65. The fourth-order valence-electron chi connectivity index (χ4n) is 3.78. The van der Waals surface area contributed by atoms with Crippen LogP contribution in [-0.4, -0.2) is 43.1 Å². The van der Waals surface area contributed by atoms with Gasteiger partial charge in [0.2, 0.25) is 0 Å². The van der Waals surface area contributed by atoms with E-state index in [0.29, 0.717) is 6.54 Å². The molecule has 0 amide bonds. The molecular weight excluding hydrogens is 489 g/mol. The number of hydrogen-bond acceptors (Lipinski definition) is 4. The first-order chi connectivity index (χ1) is 14.1. The van der Waals surface area contributed by atoms with Crippen LogP contribution in [0.4, 0.5) is 0 Å². The molecule has 0 saturated carbocycles. The summed E-state index contributed by atoms with van der Waals surface area (Å²) in [6.07, 6.45) is 4.51. The molecule has 30 heavy (non-hydrogen) atoms. The molecule has 1 aliphatic heterocycles. The number of halogens is 1. The van der Waals surface area contributed by atoms with Crippen LogP contribution in [0.3, 0.4) is 0 Å². The topological polar surface area (TPSA) is 61.8 Å². The number of methoxy groups -OCH3 is 1. The number of rotatable bonds is 7. The highest BCUT2D eigenvalue weighted by atomic mass is 127. The maximum atomic E-state index is 5.49. The number of pyridine rings is 1. The SMILES string of the molecule is CN=C(NCc1ccc(CN2CCCC2)cc1)NCc1ncc(C)c(OC)c1C.I. The molecule has 0 unspecified atom stereocenters. The fraction of sp³-hybridized carbons (Fsp3) is 0.478. The van der Waals surface area contributed by atoms with Crippen LogP contribution in [-0.2, 0) is 19.6 Å². The second-order valence-electron chi connectivity index (χ2n) is 7.63. The molecule has 0 atom stereocenters. The Bertz CT molecular complexity index is 832. The molecule has 1 aromatic heterocycles. The highest BCUT2D eigenvalue weighted by Gasteiger charge is 2.12. The van der Waals surface area contributed by atoms with Crippen LogP contribution in [0.25, 0.3) is 0 Å². The van der Waals surface area contributed by atoms with E-state index in [1.54, 1.807) is 14.2 Å². The summed E-state index contributed by atoms with van der Waals surface area (Å²) in [5, 5.41) is 6.72. The van der Waals surface area contributed by atoms with E-state index >= 15 is 0 Å². The molecule has 2 N–H and O–H groups in total. The second kappa shape index (κ2) is 12.1. The highest BCUT2D eigenvalue weighted by molar-refractivity contribution is 14.0.